The highest BCUT2D eigenvalue weighted by molar-refractivity contribution is 14.1. The van der Waals surface area contributed by atoms with Crippen LogP contribution in [0.25, 0.3) is 0 Å². The van der Waals surface area contributed by atoms with Gasteiger partial charge >= 0.3 is 0 Å². The van der Waals surface area contributed by atoms with E-state index in [2.05, 4.69) is 0 Å². The molecule has 0 rings (SSSR count). The first-order valence-corrected chi connectivity index (χ1v) is 2.43. The molecule has 0 aliphatic heterocycles. The minimum absolute atomic E-state index is 0.115. The molecule has 0 amide bonds. The molecule has 3 heteroatoms. The summed E-state index contributed by atoms with van der Waals surface area (Å²) in [5, 5.41) is 8.08. The monoisotopic (exact) mass is 204 g/mol. The van der Waals surface area contributed by atoms with E-state index in [1.165, 1.54) is 0 Å². The van der Waals surface area contributed by atoms with E-state index >= 15 is 0 Å². The van der Waals surface area contributed by atoms with Crippen LogP contribution in [-0.2, 0) is 0 Å². The Bertz CT molecular complexity index is 47.6. The van der Waals surface area contributed by atoms with Crippen LogP contribution in [0.5, 0.6) is 0 Å². The maximum atomic E-state index is 8.08. The number of hydrogen-bond acceptors (Lipinski definition) is 1. The van der Waals surface area contributed by atoms with Gasteiger partial charge in [0.2, 0.25) is 0 Å². The van der Waals surface area contributed by atoms with E-state index in [4.69, 9.17) is 16.7 Å². The molecule has 30 valence electrons. The van der Waals surface area contributed by atoms with Gasteiger partial charge < -0.3 is 5.11 Å². The number of hydrogen-bond donors (Lipinski definition) is 1. The van der Waals surface area contributed by atoms with E-state index in [1.54, 1.807) is 22.6 Å². The summed E-state index contributed by atoms with van der Waals surface area (Å²) in [7, 11) is 0. The van der Waals surface area contributed by atoms with Crippen LogP contribution < -0.4 is 0 Å². The minimum atomic E-state index is 0.115. The van der Waals surface area contributed by atoms with Crippen molar-refractivity contribution in [2.45, 2.75) is 0 Å². The van der Waals surface area contributed by atoms with Crippen molar-refractivity contribution in [3.63, 3.8) is 0 Å². The summed E-state index contributed by atoms with van der Waals surface area (Å²) in [5.41, 5.74) is 1.10. The molecule has 0 radical (unpaired) electrons. The molecule has 1 N–H and O–H groups in total. The molecular formula is C2H2ClIO. The van der Waals surface area contributed by atoms with Crippen molar-refractivity contribution in [2.75, 3.05) is 0 Å². The van der Waals surface area contributed by atoms with E-state index < -0.39 is 0 Å². The van der Waals surface area contributed by atoms with E-state index in [0.29, 0.717) is 0 Å². The highest BCUT2D eigenvalue weighted by Crippen LogP contribution is 1.98. The minimum Gasteiger partial charge on any atom is -0.502 e. The molecule has 0 aromatic heterocycles. The largest absolute Gasteiger partial charge is 0.502 e. The summed E-state index contributed by atoms with van der Waals surface area (Å²) in [4.78, 5) is 0. The zero-order valence-corrected chi connectivity index (χ0v) is 5.19. The van der Waals surface area contributed by atoms with E-state index in [1.807, 2.05) is 0 Å². The first-order chi connectivity index (χ1) is 2.27. The second-order valence-corrected chi connectivity index (χ2v) is 1.76. The molecule has 0 aliphatic carbocycles. The third-order valence-corrected chi connectivity index (χ3v) is 0.976. The molecule has 1 nitrogen and oxygen atoms in total. The van der Waals surface area contributed by atoms with Crippen LogP contribution in [0.2, 0.25) is 0 Å². The smallest absolute Gasteiger partial charge is 0.164 e. The molecule has 0 aliphatic rings. The number of halogens is 2. The van der Waals surface area contributed by atoms with Crippen molar-refractivity contribution in [1.29, 1.82) is 0 Å². The van der Waals surface area contributed by atoms with Gasteiger partial charge in [-0.15, -0.1) is 0 Å². The molecule has 0 aromatic carbocycles. The van der Waals surface area contributed by atoms with Gasteiger partial charge in [-0.2, -0.15) is 0 Å². The Morgan fingerprint density at radius 1 is 2.00 bits per heavy atom. The zero-order valence-electron chi connectivity index (χ0n) is 2.28. The standard InChI is InChI=1S/C2H2ClIO/c3-1-2(4)5/h1,5H. The van der Waals surface area contributed by atoms with Gasteiger partial charge in [-0.3, -0.25) is 0 Å². The Kier molecular flexibility index (Phi) is 3.09. The average Bonchev–Trinajstić information content (AvgIpc) is 1.38. The molecule has 0 aromatic rings. The second kappa shape index (κ2) is 2.78. The summed E-state index contributed by atoms with van der Waals surface area (Å²) in [6.45, 7) is 0. The summed E-state index contributed by atoms with van der Waals surface area (Å²) < 4.78 is 0.115. The van der Waals surface area contributed by atoms with Gasteiger partial charge in [0.1, 0.15) is 0 Å². The second-order valence-electron chi connectivity index (χ2n) is 0.432. The Hall–Kier alpha value is 0.560. The molecule has 0 bridgehead atoms. The lowest BCUT2D eigenvalue weighted by Crippen LogP contribution is -1.50. The fourth-order valence-electron chi connectivity index (χ4n) is 0. The Morgan fingerprint density at radius 3 is 2.20 bits per heavy atom. The maximum absolute atomic E-state index is 8.08. The van der Waals surface area contributed by atoms with Crippen LogP contribution in [0.3, 0.4) is 0 Å². The van der Waals surface area contributed by atoms with Gasteiger partial charge in [0.05, 0.1) is 5.54 Å². The predicted octanol–water partition coefficient (Wildman–Crippen LogP) is 2.02. The van der Waals surface area contributed by atoms with Crippen molar-refractivity contribution in [2.24, 2.45) is 0 Å². The van der Waals surface area contributed by atoms with Gasteiger partial charge in [0.15, 0.2) is 3.77 Å². The fourth-order valence-corrected chi connectivity index (χ4v) is 0. The maximum Gasteiger partial charge on any atom is 0.164 e. The van der Waals surface area contributed by atoms with Crippen LogP contribution in [-0.4, -0.2) is 5.11 Å². The third kappa shape index (κ3) is 4.56. The lowest BCUT2D eigenvalue weighted by molar-refractivity contribution is 0.467. The van der Waals surface area contributed by atoms with E-state index in [9.17, 15) is 0 Å². The zero-order chi connectivity index (χ0) is 4.28. The molecular weight excluding hydrogens is 202 g/mol. The van der Waals surface area contributed by atoms with Crippen molar-refractivity contribution < 1.29 is 5.11 Å². The highest BCUT2D eigenvalue weighted by Gasteiger charge is 1.69. The van der Waals surface area contributed by atoms with Crippen LogP contribution in [0, 0.1) is 0 Å². The highest BCUT2D eigenvalue weighted by atomic mass is 127. The third-order valence-electron chi connectivity index (χ3n) is 0.0900. The molecule has 0 atom stereocenters. The first kappa shape index (κ1) is 5.56. The lowest BCUT2D eigenvalue weighted by atomic mass is 11.2. The molecule has 0 heterocycles. The predicted molar refractivity (Wildman–Crippen MR) is 30.6 cm³/mol. The SMILES string of the molecule is OC(I)=CCl. The average molecular weight is 204 g/mol. The van der Waals surface area contributed by atoms with Crippen molar-refractivity contribution >= 4 is 34.2 Å². The summed E-state index contributed by atoms with van der Waals surface area (Å²) >= 11 is 6.61. The summed E-state index contributed by atoms with van der Waals surface area (Å²) in [5.74, 6) is 0. The van der Waals surface area contributed by atoms with Gasteiger partial charge in [0.25, 0.3) is 0 Å². The van der Waals surface area contributed by atoms with Gasteiger partial charge in [0, 0.05) is 0 Å². The van der Waals surface area contributed by atoms with Crippen LogP contribution in [0.15, 0.2) is 9.30 Å². The Morgan fingerprint density at radius 2 is 2.20 bits per heavy atom. The number of rotatable bonds is 0. The topological polar surface area (TPSA) is 20.2 Å². The van der Waals surface area contributed by atoms with E-state index in [0.717, 1.165) is 5.54 Å². The molecule has 0 spiro atoms. The molecule has 5 heavy (non-hydrogen) atoms. The number of aliphatic hydroxyl groups is 1. The van der Waals surface area contributed by atoms with Crippen LogP contribution in [0.4, 0.5) is 0 Å². The van der Waals surface area contributed by atoms with Crippen LogP contribution in [0.1, 0.15) is 0 Å². The van der Waals surface area contributed by atoms with Crippen molar-refractivity contribution in [3.05, 3.63) is 9.30 Å². The molecule has 0 saturated heterocycles. The number of aliphatic hydroxyl groups excluding tert-OH is 1. The molecule has 0 fully saturated rings. The Balaban J connectivity index is 3.14. The molecule has 0 unspecified atom stereocenters. The fraction of sp³-hybridized carbons (Fsp3) is 0. The summed E-state index contributed by atoms with van der Waals surface area (Å²) in [6.07, 6.45) is 0. The Labute approximate surface area is 48.8 Å². The van der Waals surface area contributed by atoms with Crippen molar-refractivity contribution in [1.82, 2.24) is 0 Å². The van der Waals surface area contributed by atoms with Gasteiger partial charge in [-0.05, 0) is 22.6 Å². The quantitative estimate of drug-likeness (QED) is 0.473. The lowest BCUT2D eigenvalue weighted by Gasteiger charge is -1.70. The normalized spacial score (nSPS) is 12.0. The van der Waals surface area contributed by atoms with Crippen molar-refractivity contribution in [3.8, 4) is 0 Å². The van der Waals surface area contributed by atoms with Gasteiger partial charge in [-0.25, -0.2) is 0 Å². The van der Waals surface area contributed by atoms with Gasteiger partial charge in [-0.1, -0.05) is 11.6 Å². The first-order valence-electron chi connectivity index (χ1n) is 0.919. The van der Waals surface area contributed by atoms with E-state index in [-0.39, 0.29) is 3.77 Å². The molecule has 0 saturated carbocycles. The summed E-state index contributed by atoms with van der Waals surface area (Å²) in [6, 6.07) is 0. The van der Waals surface area contributed by atoms with Crippen LogP contribution >= 0.6 is 34.2 Å².